The molecule has 1 fully saturated rings. The molecule has 1 saturated carbocycles. The van der Waals surface area contributed by atoms with Crippen LogP contribution in [0.15, 0.2) is 16.6 Å². The molecule has 1 aliphatic carbocycles. The fourth-order valence-corrected chi connectivity index (χ4v) is 4.21. The van der Waals surface area contributed by atoms with Crippen LogP contribution in [0.5, 0.6) is 5.75 Å². The van der Waals surface area contributed by atoms with Gasteiger partial charge in [-0.05, 0) is 61.4 Å². The first-order chi connectivity index (χ1) is 9.78. The van der Waals surface area contributed by atoms with E-state index in [0.29, 0.717) is 6.04 Å². The summed E-state index contributed by atoms with van der Waals surface area (Å²) in [6.07, 6.45) is 7.49. The van der Waals surface area contributed by atoms with Crippen molar-refractivity contribution in [3.8, 4) is 5.75 Å². The molecule has 0 aromatic heterocycles. The maximum absolute atomic E-state index is 5.87. The Bertz CT molecular complexity index is 474. The third-order valence-electron chi connectivity index (χ3n) is 4.62. The zero-order valence-electron chi connectivity index (χ0n) is 12.3. The Labute approximate surface area is 130 Å². The molecule has 2 atom stereocenters. The van der Waals surface area contributed by atoms with E-state index in [-0.39, 0.29) is 0 Å². The van der Waals surface area contributed by atoms with Crippen LogP contribution >= 0.6 is 15.9 Å². The number of fused-ring (bicyclic) bond motifs is 1. The van der Waals surface area contributed by atoms with Crippen molar-refractivity contribution in [3.63, 3.8) is 0 Å². The van der Waals surface area contributed by atoms with Gasteiger partial charge in [-0.2, -0.15) is 0 Å². The lowest BCUT2D eigenvalue weighted by Crippen LogP contribution is -2.33. The minimum Gasteiger partial charge on any atom is -0.493 e. The predicted octanol–water partition coefficient (Wildman–Crippen LogP) is 4.09. The minimum atomic E-state index is 0.700. The third-order valence-corrected chi connectivity index (χ3v) is 5.08. The van der Waals surface area contributed by atoms with Gasteiger partial charge in [0.05, 0.1) is 6.61 Å². The molecular weight excluding hydrogens is 314 g/mol. The topological polar surface area (TPSA) is 21.3 Å². The van der Waals surface area contributed by atoms with Gasteiger partial charge in [-0.25, -0.2) is 0 Å². The van der Waals surface area contributed by atoms with Gasteiger partial charge in [-0.15, -0.1) is 0 Å². The highest BCUT2D eigenvalue weighted by molar-refractivity contribution is 9.10. The summed E-state index contributed by atoms with van der Waals surface area (Å²) in [5, 5.41) is 3.73. The highest BCUT2D eigenvalue weighted by Crippen LogP contribution is 2.37. The number of hydrogen-bond acceptors (Lipinski definition) is 2. The standard InChI is InChI=1S/C17H24BrNO/c1-2-7-19-16-5-3-4-12(16)9-14-11-15(18)10-13-6-8-20-17(13)14/h10-12,16,19H,2-9H2,1H3. The van der Waals surface area contributed by atoms with Crippen LogP contribution in [0.4, 0.5) is 0 Å². The fourth-order valence-electron chi connectivity index (χ4n) is 3.66. The highest BCUT2D eigenvalue weighted by Gasteiger charge is 2.28. The van der Waals surface area contributed by atoms with Crippen molar-refractivity contribution in [2.75, 3.05) is 13.2 Å². The van der Waals surface area contributed by atoms with E-state index in [1.807, 2.05) is 0 Å². The van der Waals surface area contributed by atoms with Crippen LogP contribution < -0.4 is 10.1 Å². The van der Waals surface area contributed by atoms with Crippen molar-refractivity contribution >= 4 is 15.9 Å². The van der Waals surface area contributed by atoms with Crippen LogP contribution in [-0.2, 0) is 12.8 Å². The maximum Gasteiger partial charge on any atom is 0.125 e. The molecule has 2 aliphatic rings. The summed E-state index contributed by atoms with van der Waals surface area (Å²) in [7, 11) is 0. The first-order valence-corrected chi connectivity index (χ1v) is 8.74. The summed E-state index contributed by atoms with van der Waals surface area (Å²) in [6.45, 7) is 4.24. The molecule has 1 aromatic carbocycles. The largest absolute Gasteiger partial charge is 0.493 e. The summed E-state index contributed by atoms with van der Waals surface area (Å²) >= 11 is 3.65. The van der Waals surface area contributed by atoms with Gasteiger partial charge in [0.25, 0.3) is 0 Å². The van der Waals surface area contributed by atoms with Crippen molar-refractivity contribution in [3.05, 3.63) is 27.7 Å². The number of benzene rings is 1. The molecule has 0 amide bonds. The van der Waals surface area contributed by atoms with Crippen molar-refractivity contribution in [2.45, 2.75) is 51.5 Å². The van der Waals surface area contributed by atoms with Crippen molar-refractivity contribution in [1.82, 2.24) is 5.32 Å². The SMILES string of the molecule is CCCNC1CCCC1Cc1cc(Br)cc2c1OCC2. The lowest BCUT2D eigenvalue weighted by molar-refractivity contribution is 0.346. The fraction of sp³-hybridized carbons (Fsp3) is 0.647. The Kier molecular flexibility index (Phi) is 4.67. The van der Waals surface area contributed by atoms with Crippen LogP contribution in [0.3, 0.4) is 0 Å². The van der Waals surface area contributed by atoms with Gasteiger partial charge >= 0.3 is 0 Å². The average molecular weight is 338 g/mol. The van der Waals surface area contributed by atoms with Gasteiger partial charge in [-0.3, -0.25) is 0 Å². The molecule has 2 unspecified atom stereocenters. The summed E-state index contributed by atoms with van der Waals surface area (Å²) in [6, 6.07) is 5.18. The second kappa shape index (κ2) is 6.48. The number of nitrogens with one attached hydrogen (secondary N) is 1. The van der Waals surface area contributed by atoms with E-state index in [2.05, 4.69) is 40.3 Å². The smallest absolute Gasteiger partial charge is 0.125 e. The summed E-state index contributed by atoms with van der Waals surface area (Å²) in [4.78, 5) is 0. The predicted molar refractivity (Wildman–Crippen MR) is 86.5 cm³/mol. The molecule has 110 valence electrons. The highest BCUT2D eigenvalue weighted by atomic mass is 79.9. The number of ether oxygens (including phenoxy) is 1. The van der Waals surface area contributed by atoms with Crippen molar-refractivity contribution in [2.24, 2.45) is 5.92 Å². The van der Waals surface area contributed by atoms with Crippen molar-refractivity contribution in [1.29, 1.82) is 0 Å². The average Bonchev–Trinajstić information content (AvgIpc) is 3.05. The first-order valence-electron chi connectivity index (χ1n) is 7.95. The van der Waals surface area contributed by atoms with Crippen LogP contribution in [0, 0.1) is 5.92 Å². The molecule has 2 nitrogen and oxygen atoms in total. The molecule has 3 rings (SSSR count). The summed E-state index contributed by atoms with van der Waals surface area (Å²) in [5.74, 6) is 1.94. The van der Waals surface area contributed by atoms with Gasteiger partial charge in [0.2, 0.25) is 0 Å². The third kappa shape index (κ3) is 3.04. The minimum absolute atomic E-state index is 0.700. The Morgan fingerprint density at radius 1 is 1.35 bits per heavy atom. The second-order valence-electron chi connectivity index (χ2n) is 6.11. The Morgan fingerprint density at radius 2 is 2.25 bits per heavy atom. The van der Waals surface area contributed by atoms with E-state index in [1.165, 1.54) is 47.0 Å². The Hall–Kier alpha value is -0.540. The molecule has 0 spiro atoms. The molecule has 20 heavy (non-hydrogen) atoms. The zero-order chi connectivity index (χ0) is 13.9. The Balaban J connectivity index is 1.74. The normalized spacial score (nSPS) is 24.7. The lowest BCUT2D eigenvalue weighted by atomic mass is 9.93. The number of halogens is 1. The Morgan fingerprint density at radius 3 is 3.10 bits per heavy atom. The maximum atomic E-state index is 5.87. The molecule has 1 N–H and O–H groups in total. The van der Waals surface area contributed by atoms with Gasteiger partial charge in [0.1, 0.15) is 5.75 Å². The molecule has 1 aromatic rings. The molecule has 0 saturated heterocycles. The van der Waals surface area contributed by atoms with E-state index < -0.39 is 0 Å². The van der Waals surface area contributed by atoms with Crippen LogP contribution in [0.2, 0.25) is 0 Å². The number of rotatable bonds is 5. The van der Waals surface area contributed by atoms with Crippen LogP contribution in [0.1, 0.15) is 43.7 Å². The molecule has 1 heterocycles. The van der Waals surface area contributed by atoms with Gasteiger partial charge < -0.3 is 10.1 Å². The van der Waals surface area contributed by atoms with E-state index in [4.69, 9.17) is 4.74 Å². The van der Waals surface area contributed by atoms with E-state index in [0.717, 1.165) is 31.9 Å². The van der Waals surface area contributed by atoms with E-state index in [9.17, 15) is 0 Å². The van der Waals surface area contributed by atoms with Gasteiger partial charge in [0, 0.05) is 16.9 Å². The quantitative estimate of drug-likeness (QED) is 0.873. The second-order valence-corrected chi connectivity index (χ2v) is 7.02. The molecule has 3 heteroatoms. The number of hydrogen-bond donors (Lipinski definition) is 1. The molecule has 0 bridgehead atoms. The van der Waals surface area contributed by atoms with E-state index in [1.54, 1.807) is 0 Å². The van der Waals surface area contributed by atoms with Crippen molar-refractivity contribution < 1.29 is 4.74 Å². The van der Waals surface area contributed by atoms with Crippen LogP contribution in [0.25, 0.3) is 0 Å². The van der Waals surface area contributed by atoms with Crippen LogP contribution in [-0.4, -0.2) is 19.2 Å². The van der Waals surface area contributed by atoms with Gasteiger partial charge in [-0.1, -0.05) is 29.3 Å². The molecular formula is C17H24BrNO. The first kappa shape index (κ1) is 14.4. The zero-order valence-corrected chi connectivity index (χ0v) is 13.8. The monoisotopic (exact) mass is 337 g/mol. The van der Waals surface area contributed by atoms with E-state index >= 15 is 0 Å². The molecule has 1 aliphatic heterocycles. The summed E-state index contributed by atoms with van der Waals surface area (Å²) < 4.78 is 7.07. The summed E-state index contributed by atoms with van der Waals surface area (Å²) in [5.41, 5.74) is 2.78. The molecule has 0 radical (unpaired) electrons. The van der Waals surface area contributed by atoms with Gasteiger partial charge in [0.15, 0.2) is 0 Å². The lowest BCUT2D eigenvalue weighted by Gasteiger charge is -2.22.